The van der Waals surface area contributed by atoms with Gasteiger partial charge in [0.25, 0.3) is 0 Å². The molecule has 0 N–H and O–H groups in total. The fourth-order valence-electron chi connectivity index (χ4n) is 11.7. The van der Waals surface area contributed by atoms with Crippen LogP contribution < -0.4 is 7.77 Å². The van der Waals surface area contributed by atoms with Crippen molar-refractivity contribution in [1.29, 1.82) is 0 Å². The van der Waals surface area contributed by atoms with Gasteiger partial charge in [-0.1, -0.05) is 196 Å². The van der Waals surface area contributed by atoms with Crippen molar-refractivity contribution in [3.05, 3.63) is 141 Å². The molecule has 2 unspecified atom stereocenters. The monoisotopic (exact) mass is 856 g/mol. The number of aliphatic imine (C=N–C) groups is 1. The van der Waals surface area contributed by atoms with Crippen LogP contribution in [0.15, 0.2) is 107 Å². The normalized spacial score (nSPS) is 18.7. The van der Waals surface area contributed by atoms with E-state index in [1.54, 1.807) is 5.57 Å². The minimum absolute atomic E-state index is 0.136. The summed E-state index contributed by atoms with van der Waals surface area (Å²) < 4.78 is 6.40. The molecule has 0 spiro atoms. The summed E-state index contributed by atoms with van der Waals surface area (Å²) in [6, 6.07) is 28.4. The van der Waals surface area contributed by atoms with Crippen LogP contribution in [-0.4, -0.2) is 25.8 Å². The van der Waals surface area contributed by atoms with Crippen LogP contribution in [-0.2, 0) is 0 Å². The summed E-state index contributed by atoms with van der Waals surface area (Å²) in [5, 5.41) is 0. The van der Waals surface area contributed by atoms with E-state index >= 15 is 0 Å². The van der Waals surface area contributed by atoms with Gasteiger partial charge in [-0.2, -0.15) is 0 Å². The Morgan fingerprint density at radius 3 is 1.49 bits per heavy atom. The maximum atomic E-state index is 5.57. The van der Waals surface area contributed by atoms with E-state index in [1.807, 2.05) is 0 Å². The number of fused-ring (bicyclic) bond motifs is 3. The second-order valence-corrected chi connectivity index (χ2v) is 24.1. The van der Waals surface area contributed by atoms with Gasteiger partial charge in [0.15, 0.2) is 0 Å². The highest BCUT2D eigenvalue weighted by atomic mass is 27.2. The van der Waals surface area contributed by atoms with Gasteiger partial charge >= 0.3 is 14.6 Å². The lowest BCUT2D eigenvalue weighted by Gasteiger charge is -2.66. The highest BCUT2D eigenvalue weighted by Gasteiger charge is 2.74. The van der Waals surface area contributed by atoms with Gasteiger partial charge in [0.2, 0.25) is 0 Å². The van der Waals surface area contributed by atoms with E-state index in [1.165, 1.54) is 72.7 Å². The van der Waals surface area contributed by atoms with Crippen molar-refractivity contribution in [2.24, 2.45) is 16.8 Å². The SMILES string of the molecule is CC(/C=C(/C)[N](c1c(C(C)C)cccc1C(C)C)[Al]1[CH]2C=CC(C(C)C)=C3c4cccc(-c5c(C(C)C)cccc5C(C)C)c4[N]1C32C(C)C)=Nc1c(C(C)C)cccc1C(C)C. The van der Waals surface area contributed by atoms with Crippen molar-refractivity contribution in [2.45, 2.75) is 170 Å². The van der Waals surface area contributed by atoms with E-state index in [-0.39, 0.29) is 5.54 Å². The van der Waals surface area contributed by atoms with Crippen LogP contribution in [0.1, 0.15) is 199 Å². The number of allylic oxidation sites excluding steroid dienone is 4. The molecule has 0 radical (unpaired) electrons. The molecule has 3 aliphatic rings. The number of hydrogen-bond donors (Lipinski definition) is 0. The lowest BCUT2D eigenvalue weighted by Crippen LogP contribution is -2.79. The second kappa shape index (κ2) is 18.1. The molecule has 1 saturated heterocycles. The third kappa shape index (κ3) is 7.74. The van der Waals surface area contributed by atoms with E-state index < -0.39 is 14.6 Å². The van der Waals surface area contributed by atoms with Crippen molar-refractivity contribution in [3.63, 3.8) is 0 Å². The topological polar surface area (TPSA) is 18.8 Å². The third-order valence-electron chi connectivity index (χ3n) is 14.6. The average Bonchev–Trinajstić information content (AvgIpc) is 3.52. The second-order valence-electron chi connectivity index (χ2n) is 21.6. The molecule has 2 heterocycles. The molecule has 0 bridgehead atoms. The Hall–Kier alpha value is -4.10. The van der Waals surface area contributed by atoms with Gasteiger partial charge in [0.05, 0.1) is 5.69 Å². The zero-order chi connectivity index (χ0) is 46.0. The van der Waals surface area contributed by atoms with Crippen LogP contribution in [0.4, 0.5) is 17.1 Å². The van der Waals surface area contributed by atoms with Crippen molar-refractivity contribution in [1.82, 2.24) is 0 Å². The molecule has 1 fully saturated rings. The van der Waals surface area contributed by atoms with Gasteiger partial charge in [0, 0.05) is 38.5 Å². The number of para-hydroxylation sites is 3. The molecule has 2 atom stereocenters. The van der Waals surface area contributed by atoms with E-state index in [2.05, 4.69) is 223 Å². The highest BCUT2D eigenvalue weighted by molar-refractivity contribution is 6.76. The molecule has 3 nitrogen and oxygen atoms in total. The molecular formula is C59H78AlN3. The molecule has 7 rings (SSSR count). The molecule has 0 saturated carbocycles. The zero-order valence-corrected chi connectivity index (χ0v) is 43.4. The molecule has 0 amide bonds. The standard InChI is InChI=1S/C30H37N.C29H41N2.Al/c1-18(2)22-12-9-13-23(19(3)4)27(22)25-14-10-15-26-28-24(20(5)6)16-11-17-30(28,21(7)8)31-29(25)26;1-18(2)24-13-11-14-25(19(3)4)28(24)30-22(9)17-23(10)31-29-26(20(5)6)15-12-16-27(29)21(7)8;/h9-21H,1-8H3;11-21H,1-10H3;/q2*-1;+2/b;22-17-,31-23?;. The summed E-state index contributed by atoms with van der Waals surface area (Å²) in [5.41, 5.74) is 22.1. The van der Waals surface area contributed by atoms with Crippen LogP contribution in [0.2, 0.25) is 4.78 Å². The van der Waals surface area contributed by atoms with Gasteiger partial charge in [-0.15, -0.1) is 0 Å². The van der Waals surface area contributed by atoms with Crippen LogP contribution in [0, 0.1) is 11.8 Å². The summed E-state index contributed by atoms with van der Waals surface area (Å²) in [5.74, 6) is 3.08. The number of anilines is 2. The fraction of sp³-hybridized carbons (Fsp3) is 0.475. The molecule has 4 heteroatoms. The number of rotatable bonds is 14. The Balaban J connectivity index is 1.59. The van der Waals surface area contributed by atoms with E-state index in [0.717, 1.165) is 11.4 Å². The molecule has 332 valence electrons. The van der Waals surface area contributed by atoms with Gasteiger partial charge in [-0.05, 0) is 123 Å². The van der Waals surface area contributed by atoms with Gasteiger partial charge in [-0.25, -0.2) is 0 Å². The Kier molecular flexibility index (Phi) is 13.4. The third-order valence-corrected chi connectivity index (χ3v) is 18.4. The van der Waals surface area contributed by atoms with E-state index in [4.69, 9.17) is 4.99 Å². The molecule has 63 heavy (non-hydrogen) atoms. The van der Waals surface area contributed by atoms with Crippen LogP contribution in [0.25, 0.3) is 16.7 Å². The first-order valence-electron chi connectivity index (χ1n) is 24.5. The molecule has 1 aliphatic carbocycles. The largest absolute Gasteiger partial charge is 0.589 e. The predicted octanol–water partition coefficient (Wildman–Crippen LogP) is 17.4. The molecule has 4 aromatic carbocycles. The number of hydrogen-bond acceptors (Lipinski definition) is 3. The Labute approximate surface area is 388 Å². The number of benzene rings is 4. The Bertz CT molecular complexity index is 2410. The maximum absolute atomic E-state index is 5.57. The molecular weight excluding hydrogens is 778 g/mol. The molecule has 0 aromatic heterocycles. The Morgan fingerprint density at radius 2 is 1.03 bits per heavy atom. The summed E-state index contributed by atoms with van der Waals surface area (Å²) in [4.78, 5) is 5.57. The minimum Gasteiger partial charge on any atom is -0.435 e. The van der Waals surface area contributed by atoms with Crippen LogP contribution >= 0.6 is 0 Å². The molecule has 4 aromatic rings. The van der Waals surface area contributed by atoms with Gasteiger partial charge in [0.1, 0.15) is 0 Å². The summed E-state index contributed by atoms with van der Waals surface area (Å²) in [7, 11) is 0. The van der Waals surface area contributed by atoms with E-state index in [9.17, 15) is 0 Å². The number of nitrogens with zero attached hydrogens (tertiary/aromatic N) is 3. The van der Waals surface area contributed by atoms with Crippen LogP contribution in [0.3, 0.4) is 0 Å². The van der Waals surface area contributed by atoms with Crippen molar-refractivity contribution < 1.29 is 0 Å². The zero-order valence-electron chi connectivity index (χ0n) is 42.3. The summed E-state index contributed by atoms with van der Waals surface area (Å²) in [6.45, 7) is 42.7. The summed E-state index contributed by atoms with van der Waals surface area (Å²) in [6.07, 6.45) is 7.67. The van der Waals surface area contributed by atoms with Gasteiger partial charge in [-0.3, -0.25) is 4.99 Å². The van der Waals surface area contributed by atoms with Crippen molar-refractivity contribution >= 4 is 42.9 Å². The Morgan fingerprint density at radius 1 is 0.587 bits per heavy atom. The lowest BCUT2D eigenvalue weighted by molar-refractivity contribution is 0.363. The lowest BCUT2D eigenvalue weighted by atomic mass is 9.70. The first-order chi connectivity index (χ1) is 29.8. The maximum Gasteiger partial charge on any atom is 0.589 e. The predicted molar refractivity (Wildman–Crippen MR) is 279 cm³/mol. The van der Waals surface area contributed by atoms with E-state index in [0.29, 0.717) is 52.1 Å². The smallest absolute Gasteiger partial charge is 0.435 e. The summed E-state index contributed by atoms with van der Waals surface area (Å²) >= 11 is -2.18. The average molecular weight is 856 g/mol. The molecule has 2 aliphatic heterocycles. The van der Waals surface area contributed by atoms with Gasteiger partial charge < -0.3 is 7.77 Å². The van der Waals surface area contributed by atoms with Crippen molar-refractivity contribution in [3.8, 4) is 11.1 Å². The first kappa shape index (κ1) is 46.9. The first-order valence-corrected chi connectivity index (χ1v) is 26.2. The fourth-order valence-corrected chi connectivity index (χ4v) is 16.5. The van der Waals surface area contributed by atoms with Crippen LogP contribution in [0.5, 0.6) is 0 Å². The van der Waals surface area contributed by atoms with Crippen molar-refractivity contribution in [2.75, 3.05) is 7.77 Å². The minimum atomic E-state index is -2.18. The highest BCUT2D eigenvalue weighted by Crippen LogP contribution is 2.70. The quantitative estimate of drug-likeness (QED) is 0.0929.